The van der Waals surface area contributed by atoms with E-state index in [0.717, 1.165) is 38.5 Å². The fourth-order valence-electron chi connectivity index (χ4n) is 5.54. The molecule has 4 atom stereocenters. The van der Waals surface area contributed by atoms with Crippen molar-refractivity contribution in [1.29, 1.82) is 0 Å². The quantitative estimate of drug-likeness (QED) is 0.0554. The van der Waals surface area contributed by atoms with Crippen molar-refractivity contribution in [2.24, 2.45) is 22.9 Å². The zero-order valence-corrected chi connectivity index (χ0v) is 35.5. The lowest BCUT2D eigenvalue weighted by Gasteiger charge is -2.33. The maximum absolute atomic E-state index is 13.3. The van der Waals surface area contributed by atoms with Crippen LogP contribution in [-0.2, 0) is 38.1 Å². The fraction of sp³-hybridized carbons (Fsp3) is 0.900. The van der Waals surface area contributed by atoms with Gasteiger partial charge in [-0.25, -0.2) is 0 Å². The van der Waals surface area contributed by atoms with Crippen LogP contribution in [0.3, 0.4) is 0 Å². The summed E-state index contributed by atoms with van der Waals surface area (Å²) in [5, 5.41) is 0. The van der Waals surface area contributed by atoms with Crippen LogP contribution >= 0.6 is 0 Å². The van der Waals surface area contributed by atoms with E-state index in [1.807, 2.05) is 41.5 Å². The monoisotopic (exact) mass is 743 g/mol. The van der Waals surface area contributed by atoms with Crippen LogP contribution in [0.15, 0.2) is 0 Å². The molecule has 12 heteroatoms. The zero-order chi connectivity index (χ0) is 41.0. The zero-order valence-electron chi connectivity index (χ0n) is 35.5. The minimum Gasteiger partial charge on any atom is -0.459 e. The van der Waals surface area contributed by atoms with Gasteiger partial charge in [-0.1, -0.05) is 38.5 Å². The van der Waals surface area contributed by atoms with E-state index in [9.17, 15) is 19.2 Å². The summed E-state index contributed by atoms with van der Waals surface area (Å²) in [6.45, 7) is 24.9. The minimum atomic E-state index is -1.22. The Labute approximate surface area is 315 Å². The molecule has 0 saturated heterocycles. The molecule has 0 amide bonds. The van der Waals surface area contributed by atoms with E-state index in [-0.39, 0.29) is 0 Å². The van der Waals surface area contributed by atoms with Crippen molar-refractivity contribution in [3.63, 3.8) is 0 Å². The molecule has 8 N–H and O–H groups in total. The third kappa shape index (κ3) is 20.8. The fourth-order valence-corrected chi connectivity index (χ4v) is 5.54. The van der Waals surface area contributed by atoms with E-state index in [0.29, 0.717) is 51.4 Å². The predicted molar refractivity (Wildman–Crippen MR) is 207 cm³/mol. The maximum Gasteiger partial charge on any atom is 0.326 e. The van der Waals surface area contributed by atoms with Crippen molar-refractivity contribution in [2.45, 2.75) is 231 Å². The summed E-state index contributed by atoms with van der Waals surface area (Å²) in [7, 11) is 0. The molecule has 0 bridgehead atoms. The highest BCUT2D eigenvalue weighted by Gasteiger charge is 2.41. The molecule has 0 fully saturated rings. The highest BCUT2D eigenvalue weighted by atomic mass is 16.6. The average Bonchev–Trinajstić information content (AvgIpc) is 2.90. The van der Waals surface area contributed by atoms with Gasteiger partial charge in [0.25, 0.3) is 0 Å². The topological polar surface area (TPSA) is 209 Å². The second kappa shape index (κ2) is 19.4. The smallest absolute Gasteiger partial charge is 0.326 e. The van der Waals surface area contributed by atoms with Gasteiger partial charge in [0, 0.05) is 0 Å². The Balaban J connectivity index is 5.22. The van der Waals surface area contributed by atoms with Crippen LogP contribution < -0.4 is 22.9 Å². The Morgan fingerprint density at radius 2 is 0.538 bits per heavy atom. The number of nitrogens with two attached hydrogens (primary N) is 4. The van der Waals surface area contributed by atoms with E-state index in [1.165, 1.54) is 0 Å². The second-order valence-corrected chi connectivity index (χ2v) is 19.5. The van der Waals surface area contributed by atoms with Gasteiger partial charge in [0.2, 0.25) is 0 Å². The van der Waals surface area contributed by atoms with Crippen molar-refractivity contribution >= 4 is 23.9 Å². The van der Waals surface area contributed by atoms with Gasteiger partial charge in [0.05, 0.1) is 0 Å². The number of carbonyl (C=O) groups excluding carboxylic acids is 4. The van der Waals surface area contributed by atoms with Crippen LogP contribution in [0.4, 0.5) is 0 Å². The molecule has 0 radical (unpaired) electrons. The van der Waals surface area contributed by atoms with Crippen LogP contribution in [0.25, 0.3) is 0 Å². The number of esters is 4. The Morgan fingerprint density at radius 3 is 0.788 bits per heavy atom. The molecule has 0 aliphatic heterocycles. The lowest BCUT2D eigenvalue weighted by Crippen LogP contribution is -2.52. The Hall–Kier alpha value is -2.28. The van der Waals surface area contributed by atoms with Crippen LogP contribution in [-0.4, -0.2) is 68.4 Å². The maximum atomic E-state index is 13.3. The predicted octanol–water partition coefficient (Wildman–Crippen LogP) is 6.64. The van der Waals surface area contributed by atoms with Gasteiger partial charge in [0.1, 0.15) is 44.6 Å². The summed E-state index contributed by atoms with van der Waals surface area (Å²) in [5.41, 5.74) is 18.5. The second-order valence-electron chi connectivity index (χ2n) is 19.5. The largest absolute Gasteiger partial charge is 0.459 e. The van der Waals surface area contributed by atoms with Crippen molar-refractivity contribution < 1.29 is 38.1 Å². The number of ether oxygens (including phenoxy) is 4. The Kier molecular flexibility index (Phi) is 18.5. The summed E-state index contributed by atoms with van der Waals surface area (Å²) in [4.78, 5) is 51.8. The average molecular weight is 743 g/mol. The molecule has 0 spiro atoms. The third-order valence-electron chi connectivity index (χ3n) is 8.48. The van der Waals surface area contributed by atoms with E-state index < -0.39 is 68.4 Å². The van der Waals surface area contributed by atoms with Gasteiger partial charge in [-0.05, 0) is 148 Å². The van der Waals surface area contributed by atoms with Gasteiger partial charge in [-0.15, -0.1) is 0 Å². The molecule has 0 aromatic carbocycles. The first-order valence-corrected chi connectivity index (χ1v) is 19.2. The first-order valence-electron chi connectivity index (χ1n) is 19.2. The highest BCUT2D eigenvalue weighted by molar-refractivity contribution is 5.82. The number of hydrogen-bond donors (Lipinski definition) is 4. The molecule has 306 valence electrons. The summed E-state index contributed by atoms with van der Waals surface area (Å²) in [5.74, 6) is -1.90. The van der Waals surface area contributed by atoms with Crippen LogP contribution in [0.1, 0.15) is 187 Å². The minimum absolute atomic E-state index is 0.310. The first-order chi connectivity index (χ1) is 23.1. The third-order valence-corrected chi connectivity index (χ3v) is 8.48. The molecule has 0 aromatic rings. The highest BCUT2D eigenvalue weighted by Crippen LogP contribution is 2.29. The van der Waals surface area contributed by atoms with Gasteiger partial charge >= 0.3 is 23.9 Å². The summed E-state index contributed by atoms with van der Waals surface area (Å²) in [6, 6.07) is 0. The number of rotatable bonds is 21. The molecule has 0 aliphatic carbocycles. The Bertz CT molecular complexity index is 1070. The summed E-state index contributed by atoms with van der Waals surface area (Å²) in [6.07, 6.45) is 8.00. The van der Waals surface area contributed by atoms with Crippen LogP contribution in [0.2, 0.25) is 0 Å². The van der Waals surface area contributed by atoms with Gasteiger partial charge in [-0.2, -0.15) is 0 Å². The summed E-state index contributed by atoms with van der Waals surface area (Å²) < 4.78 is 22.4. The number of unbranched alkanes of at least 4 members (excludes halogenated alkanes) is 5. The van der Waals surface area contributed by atoms with E-state index >= 15 is 0 Å². The molecule has 52 heavy (non-hydrogen) atoms. The van der Waals surface area contributed by atoms with E-state index in [2.05, 4.69) is 0 Å². The van der Waals surface area contributed by atoms with Crippen LogP contribution in [0, 0.1) is 0 Å². The normalized spacial score (nSPS) is 17.5. The SMILES string of the molecule is CC(C)(C)OC(=O)C(C)(N)CCCC(N)(CCCCCCCCC(N)(CCCC(C)(N)C(=O)OC(C)(C)C)C(=O)OC(C)(C)C)C(=O)OC(C)(C)C. The number of hydrogen-bond acceptors (Lipinski definition) is 12. The Morgan fingerprint density at radius 1 is 0.327 bits per heavy atom. The summed E-state index contributed by atoms with van der Waals surface area (Å²) >= 11 is 0. The lowest BCUT2D eigenvalue weighted by atomic mass is 9.84. The standard InChI is InChI=1S/C40H78N4O8/c1-33(2,3)49-29(45)37(13,41)23-21-27-39(43,31(47)51-35(7,8)9)25-19-17-15-16-18-20-26-40(44,32(48)52-36(10,11)12)28-22-24-38(14,42)30(46)50-34(4,5)6/h15-28,41-44H2,1-14H3. The molecular weight excluding hydrogens is 664 g/mol. The molecular formula is C40H78N4O8. The van der Waals surface area contributed by atoms with Crippen molar-refractivity contribution in [2.75, 3.05) is 0 Å². The van der Waals surface area contributed by atoms with Crippen molar-refractivity contribution in [3.8, 4) is 0 Å². The number of carbonyl (C=O) groups is 4. The molecule has 0 heterocycles. The van der Waals surface area contributed by atoms with Gasteiger partial charge in [0.15, 0.2) is 0 Å². The molecule has 4 unspecified atom stereocenters. The van der Waals surface area contributed by atoms with Crippen molar-refractivity contribution in [3.05, 3.63) is 0 Å². The van der Waals surface area contributed by atoms with Gasteiger partial charge < -0.3 is 41.9 Å². The molecule has 0 saturated carbocycles. The molecule has 0 aliphatic rings. The lowest BCUT2D eigenvalue weighted by molar-refractivity contribution is -0.164. The molecule has 0 rings (SSSR count). The first kappa shape index (κ1) is 49.7. The van der Waals surface area contributed by atoms with Gasteiger partial charge in [-0.3, -0.25) is 19.2 Å². The molecule has 0 aromatic heterocycles. The van der Waals surface area contributed by atoms with E-state index in [1.54, 1.807) is 55.4 Å². The van der Waals surface area contributed by atoms with E-state index in [4.69, 9.17) is 41.9 Å². The van der Waals surface area contributed by atoms with Crippen LogP contribution in [0.5, 0.6) is 0 Å². The van der Waals surface area contributed by atoms with Crippen molar-refractivity contribution in [1.82, 2.24) is 0 Å². The molecule has 12 nitrogen and oxygen atoms in total.